The lowest BCUT2D eigenvalue weighted by atomic mass is 10.1. The third kappa shape index (κ3) is 2.43. The van der Waals surface area contributed by atoms with Crippen molar-refractivity contribution in [1.82, 2.24) is 5.32 Å². The highest BCUT2D eigenvalue weighted by molar-refractivity contribution is 7.14. The molecule has 0 spiro atoms. The van der Waals surface area contributed by atoms with Crippen LogP contribution in [0.15, 0.2) is 6.07 Å². The smallest absolute Gasteiger partial charge is 0.261 e. The van der Waals surface area contributed by atoms with Crippen molar-refractivity contribution in [2.75, 3.05) is 5.88 Å². The molecular weight excluding hydrogens is 266 g/mol. The van der Waals surface area contributed by atoms with Gasteiger partial charge in [-0.2, -0.15) is 0 Å². The molecule has 98 valence electrons. The molecule has 0 saturated heterocycles. The van der Waals surface area contributed by atoms with Crippen LogP contribution in [-0.4, -0.2) is 17.3 Å². The summed E-state index contributed by atoms with van der Waals surface area (Å²) in [6, 6.07) is 2.10. The zero-order valence-corrected chi connectivity index (χ0v) is 12.0. The Bertz CT molecular complexity index is 441. The van der Waals surface area contributed by atoms with E-state index in [0.29, 0.717) is 5.88 Å². The molecule has 1 aromatic heterocycles. The van der Waals surface area contributed by atoms with Crippen LogP contribution in [-0.2, 0) is 12.8 Å². The van der Waals surface area contributed by atoms with E-state index in [1.165, 1.54) is 29.7 Å². The first kappa shape index (κ1) is 12.5. The van der Waals surface area contributed by atoms with Gasteiger partial charge < -0.3 is 5.32 Å². The minimum atomic E-state index is -0.0972. The molecule has 1 saturated carbocycles. The van der Waals surface area contributed by atoms with Crippen molar-refractivity contribution >= 4 is 28.8 Å². The summed E-state index contributed by atoms with van der Waals surface area (Å²) < 4.78 is 0. The normalized spacial score (nSPS) is 20.9. The minimum Gasteiger partial charge on any atom is -0.345 e. The number of carbonyl (C=O) groups is 1. The van der Waals surface area contributed by atoms with Crippen LogP contribution < -0.4 is 5.32 Å². The van der Waals surface area contributed by atoms with Gasteiger partial charge in [0.15, 0.2) is 0 Å². The van der Waals surface area contributed by atoms with Crippen LogP contribution >= 0.6 is 22.9 Å². The predicted octanol–water partition coefficient (Wildman–Crippen LogP) is 3.52. The zero-order valence-electron chi connectivity index (χ0n) is 10.4. The van der Waals surface area contributed by atoms with Crippen molar-refractivity contribution in [3.63, 3.8) is 0 Å². The number of nitrogens with one attached hydrogen (secondary N) is 1. The van der Waals surface area contributed by atoms with E-state index in [2.05, 4.69) is 11.4 Å². The van der Waals surface area contributed by atoms with Gasteiger partial charge in [-0.3, -0.25) is 4.79 Å². The number of alkyl halides is 1. The van der Waals surface area contributed by atoms with Gasteiger partial charge in [0.25, 0.3) is 5.91 Å². The van der Waals surface area contributed by atoms with E-state index in [-0.39, 0.29) is 11.4 Å². The largest absolute Gasteiger partial charge is 0.345 e. The second-order valence-electron chi connectivity index (χ2n) is 5.49. The molecule has 0 atom stereocenters. The first-order chi connectivity index (χ1) is 8.72. The highest BCUT2D eigenvalue weighted by atomic mass is 35.5. The Balaban J connectivity index is 1.74. The van der Waals surface area contributed by atoms with Crippen LogP contribution in [0.25, 0.3) is 0 Å². The van der Waals surface area contributed by atoms with Crippen molar-refractivity contribution in [3.05, 3.63) is 21.4 Å². The van der Waals surface area contributed by atoms with E-state index in [9.17, 15) is 4.79 Å². The molecule has 2 aliphatic carbocycles. The van der Waals surface area contributed by atoms with E-state index in [0.717, 1.165) is 30.6 Å². The Morgan fingerprint density at radius 2 is 2.11 bits per heavy atom. The molecule has 1 heterocycles. The summed E-state index contributed by atoms with van der Waals surface area (Å²) in [6.07, 6.45) is 8.17. The van der Waals surface area contributed by atoms with Gasteiger partial charge >= 0.3 is 0 Å². The van der Waals surface area contributed by atoms with Crippen LogP contribution in [0.3, 0.4) is 0 Å². The standard InChI is InChI=1S/C14H18ClNOS/c15-9-14(6-7-14)16-13(17)12-8-10-4-2-1-3-5-11(10)18-12/h8H,1-7,9H2,(H,16,17). The first-order valence-corrected chi connectivity index (χ1v) is 8.08. The molecule has 18 heavy (non-hydrogen) atoms. The Kier molecular flexibility index (Phi) is 3.37. The van der Waals surface area contributed by atoms with Crippen molar-refractivity contribution in [1.29, 1.82) is 0 Å². The highest BCUT2D eigenvalue weighted by Gasteiger charge is 2.43. The Hall–Kier alpha value is -0.540. The summed E-state index contributed by atoms with van der Waals surface area (Å²) in [5, 5.41) is 3.10. The molecule has 1 fully saturated rings. The molecule has 2 nitrogen and oxygen atoms in total. The van der Waals surface area contributed by atoms with Crippen LogP contribution in [0.1, 0.15) is 52.2 Å². The summed E-state index contributed by atoms with van der Waals surface area (Å²) in [6.45, 7) is 0. The Morgan fingerprint density at radius 1 is 1.33 bits per heavy atom. The lowest BCUT2D eigenvalue weighted by molar-refractivity contribution is 0.0940. The second kappa shape index (κ2) is 4.86. The van der Waals surface area contributed by atoms with E-state index in [4.69, 9.17) is 11.6 Å². The fraction of sp³-hybridized carbons (Fsp3) is 0.643. The molecule has 3 rings (SSSR count). The fourth-order valence-electron chi connectivity index (χ4n) is 2.52. The average Bonchev–Trinajstić information content (AvgIpc) is 3.09. The summed E-state index contributed by atoms with van der Waals surface area (Å²) in [5.41, 5.74) is 1.30. The number of hydrogen-bond donors (Lipinski definition) is 1. The maximum absolute atomic E-state index is 12.2. The molecule has 0 radical (unpaired) electrons. The summed E-state index contributed by atoms with van der Waals surface area (Å²) in [7, 11) is 0. The molecule has 0 aliphatic heterocycles. The van der Waals surface area contributed by atoms with Gasteiger partial charge in [-0.1, -0.05) is 6.42 Å². The van der Waals surface area contributed by atoms with Gasteiger partial charge in [-0.15, -0.1) is 22.9 Å². The van der Waals surface area contributed by atoms with Gasteiger partial charge in [-0.25, -0.2) is 0 Å². The lowest BCUT2D eigenvalue weighted by Crippen LogP contribution is -2.37. The van der Waals surface area contributed by atoms with Gasteiger partial charge in [0.05, 0.1) is 10.4 Å². The van der Waals surface area contributed by atoms with Crippen LogP contribution in [0.4, 0.5) is 0 Å². The molecule has 0 aromatic carbocycles. The molecule has 1 amide bonds. The SMILES string of the molecule is O=C(NC1(CCl)CC1)c1cc2c(s1)CCCCC2. The van der Waals surface area contributed by atoms with Crippen LogP contribution in [0.5, 0.6) is 0 Å². The van der Waals surface area contributed by atoms with Crippen LogP contribution in [0, 0.1) is 0 Å². The van der Waals surface area contributed by atoms with E-state index in [1.54, 1.807) is 11.3 Å². The maximum Gasteiger partial charge on any atom is 0.261 e. The average molecular weight is 284 g/mol. The zero-order chi connectivity index (χ0) is 12.6. The first-order valence-electron chi connectivity index (χ1n) is 6.72. The fourth-order valence-corrected chi connectivity index (χ4v) is 4.01. The van der Waals surface area contributed by atoms with Crippen molar-refractivity contribution in [3.8, 4) is 0 Å². The summed E-state index contributed by atoms with van der Waals surface area (Å²) >= 11 is 7.58. The van der Waals surface area contributed by atoms with E-state index in [1.807, 2.05) is 0 Å². The lowest BCUT2D eigenvalue weighted by Gasteiger charge is -2.12. The van der Waals surface area contributed by atoms with Crippen LogP contribution in [0.2, 0.25) is 0 Å². The third-order valence-electron chi connectivity index (χ3n) is 3.96. The quantitative estimate of drug-likeness (QED) is 0.667. The molecule has 2 aliphatic rings. The summed E-state index contributed by atoms with van der Waals surface area (Å²) in [5.74, 6) is 0.607. The van der Waals surface area contributed by atoms with E-state index >= 15 is 0 Å². The number of aryl methyl sites for hydroxylation is 2. The number of hydrogen-bond acceptors (Lipinski definition) is 2. The molecular formula is C14H18ClNOS. The van der Waals surface area contributed by atoms with Gasteiger partial charge in [0, 0.05) is 10.8 Å². The Labute approximate surface area is 117 Å². The topological polar surface area (TPSA) is 29.1 Å². The molecule has 1 aromatic rings. The van der Waals surface area contributed by atoms with Crippen molar-refractivity contribution in [2.45, 2.75) is 50.5 Å². The molecule has 0 bridgehead atoms. The predicted molar refractivity (Wildman–Crippen MR) is 75.7 cm³/mol. The number of rotatable bonds is 3. The number of fused-ring (bicyclic) bond motifs is 1. The van der Waals surface area contributed by atoms with Crippen molar-refractivity contribution < 1.29 is 4.79 Å². The number of amides is 1. The number of carbonyl (C=O) groups excluding carboxylic acids is 1. The highest BCUT2D eigenvalue weighted by Crippen LogP contribution is 2.37. The van der Waals surface area contributed by atoms with E-state index < -0.39 is 0 Å². The van der Waals surface area contributed by atoms with Gasteiger partial charge in [0.1, 0.15) is 0 Å². The Morgan fingerprint density at radius 3 is 2.83 bits per heavy atom. The third-order valence-corrected chi connectivity index (χ3v) is 5.71. The summed E-state index contributed by atoms with van der Waals surface area (Å²) in [4.78, 5) is 14.5. The van der Waals surface area contributed by atoms with Gasteiger partial charge in [0.2, 0.25) is 0 Å². The molecule has 4 heteroatoms. The monoisotopic (exact) mass is 283 g/mol. The maximum atomic E-state index is 12.2. The molecule has 0 unspecified atom stereocenters. The van der Waals surface area contributed by atoms with Gasteiger partial charge in [-0.05, 0) is 50.2 Å². The minimum absolute atomic E-state index is 0.0752. The number of thiophene rings is 1. The molecule has 1 N–H and O–H groups in total. The number of halogens is 1. The van der Waals surface area contributed by atoms with Crippen molar-refractivity contribution in [2.24, 2.45) is 0 Å². The second-order valence-corrected chi connectivity index (χ2v) is 6.89.